The van der Waals surface area contributed by atoms with E-state index in [4.69, 9.17) is 4.42 Å². The third-order valence-electron chi connectivity index (χ3n) is 6.84. The van der Waals surface area contributed by atoms with Gasteiger partial charge in [-0.05, 0) is 87.0 Å². The van der Waals surface area contributed by atoms with E-state index < -0.39 is 0 Å². The van der Waals surface area contributed by atoms with Gasteiger partial charge in [0, 0.05) is 23.2 Å². The largest absolute Gasteiger partial charge is 0.415 e. The lowest BCUT2D eigenvalue weighted by atomic mass is 9.49. The molecule has 0 radical (unpaired) electrons. The number of hydrogen-bond donors (Lipinski definition) is 0. The van der Waals surface area contributed by atoms with E-state index in [0.29, 0.717) is 17.2 Å². The molecule has 0 unspecified atom stereocenters. The topological polar surface area (TPSA) is 56.0 Å². The van der Waals surface area contributed by atoms with E-state index in [9.17, 15) is 9.18 Å². The Labute approximate surface area is 168 Å². The number of carbonyl (C=O) groups is 1. The molecule has 2 aromatic rings. The third-order valence-corrected chi connectivity index (χ3v) is 7.74. The standard InChI is InChI=1S/C22H25FN2O2S/c23-18-5-3-17(4-6-18)19(26)2-1-7-28-21-25-24-20(27-21)22-11-14-8-15(12-22)10-16(9-14)13-22/h3-6,14-16H,1-2,7-13H2. The Morgan fingerprint density at radius 2 is 1.71 bits per heavy atom. The average Bonchev–Trinajstić information content (AvgIpc) is 3.14. The van der Waals surface area contributed by atoms with Crippen LogP contribution in [0.5, 0.6) is 0 Å². The normalized spacial score (nSPS) is 30.7. The second kappa shape index (κ2) is 7.29. The van der Waals surface area contributed by atoms with Crippen LogP contribution in [0.25, 0.3) is 0 Å². The highest BCUT2D eigenvalue weighted by atomic mass is 32.2. The number of carbonyl (C=O) groups excluding carboxylic acids is 1. The van der Waals surface area contributed by atoms with Gasteiger partial charge in [0.05, 0.1) is 0 Å². The molecule has 4 bridgehead atoms. The van der Waals surface area contributed by atoms with Gasteiger partial charge in [-0.25, -0.2) is 4.39 Å². The van der Waals surface area contributed by atoms with E-state index in [-0.39, 0.29) is 17.0 Å². The van der Waals surface area contributed by atoms with Crippen LogP contribution in [-0.4, -0.2) is 21.7 Å². The van der Waals surface area contributed by atoms with E-state index in [0.717, 1.165) is 35.8 Å². The van der Waals surface area contributed by atoms with Gasteiger partial charge in [0.15, 0.2) is 5.78 Å². The Bertz CT molecular complexity index is 828. The van der Waals surface area contributed by atoms with Crippen LogP contribution in [0.3, 0.4) is 0 Å². The van der Waals surface area contributed by atoms with Gasteiger partial charge in [0.1, 0.15) is 5.82 Å². The van der Waals surface area contributed by atoms with Crippen LogP contribution in [0.15, 0.2) is 33.9 Å². The molecule has 0 aliphatic heterocycles. The first-order valence-corrected chi connectivity index (χ1v) is 11.3. The van der Waals surface area contributed by atoms with Crippen molar-refractivity contribution in [3.8, 4) is 0 Å². The van der Waals surface area contributed by atoms with Gasteiger partial charge in [0.25, 0.3) is 5.22 Å². The van der Waals surface area contributed by atoms with Crippen molar-refractivity contribution in [2.75, 3.05) is 5.75 Å². The Kier molecular flexibility index (Phi) is 4.77. The first-order chi connectivity index (χ1) is 13.6. The second-order valence-electron chi connectivity index (χ2n) is 8.95. The number of hydrogen-bond acceptors (Lipinski definition) is 5. The molecule has 4 aliphatic carbocycles. The highest BCUT2D eigenvalue weighted by molar-refractivity contribution is 7.99. The lowest BCUT2D eigenvalue weighted by Crippen LogP contribution is -2.48. The van der Waals surface area contributed by atoms with E-state index >= 15 is 0 Å². The summed E-state index contributed by atoms with van der Waals surface area (Å²) in [6, 6.07) is 5.74. The van der Waals surface area contributed by atoms with Crippen LogP contribution >= 0.6 is 11.8 Å². The fourth-order valence-electron chi connectivity index (χ4n) is 6.03. The second-order valence-corrected chi connectivity index (χ2v) is 10.00. The number of nitrogens with zero attached hydrogens (tertiary/aromatic N) is 2. The minimum absolute atomic E-state index is 0.0420. The number of rotatable bonds is 7. The summed E-state index contributed by atoms with van der Waals surface area (Å²) < 4.78 is 19.0. The highest BCUT2D eigenvalue weighted by Crippen LogP contribution is 2.60. The van der Waals surface area contributed by atoms with Crippen molar-refractivity contribution >= 4 is 17.5 Å². The SMILES string of the molecule is O=C(CCCSc1nnc(C23CC4CC(CC(C4)C2)C3)o1)c1ccc(F)cc1. The van der Waals surface area contributed by atoms with Gasteiger partial charge in [0.2, 0.25) is 5.89 Å². The average molecular weight is 401 g/mol. The minimum atomic E-state index is -0.321. The van der Waals surface area contributed by atoms with E-state index in [1.54, 1.807) is 12.1 Å². The van der Waals surface area contributed by atoms with E-state index in [2.05, 4.69) is 10.2 Å². The van der Waals surface area contributed by atoms with Crippen molar-refractivity contribution < 1.29 is 13.6 Å². The van der Waals surface area contributed by atoms with Crippen LogP contribution in [0.1, 0.15) is 67.6 Å². The zero-order valence-electron chi connectivity index (χ0n) is 15.9. The molecule has 4 fully saturated rings. The first-order valence-electron chi connectivity index (χ1n) is 10.4. The fraction of sp³-hybridized carbons (Fsp3) is 0.591. The van der Waals surface area contributed by atoms with Crippen LogP contribution in [0, 0.1) is 23.6 Å². The summed E-state index contributed by atoms with van der Waals surface area (Å²) in [6.45, 7) is 0. The predicted octanol–water partition coefficient (Wildman–Crippen LogP) is 5.43. The van der Waals surface area contributed by atoms with Crippen molar-refractivity contribution in [3.63, 3.8) is 0 Å². The monoisotopic (exact) mass is 400 g/mol. The maximum absolute atomic E-state index is 12.9. The van der Waals surface area contributed by atoms with Crippen LogP contribution in [0.4, 0.5) is 4.39 Å². The summed E-state index contributed by atoms with van der Waals surface area (Å²) in [6.07, 6.45) is 9.03. The maximum Gasteiger partial charge on any atom is 0.276 e. The summed E-state index contributed by atoms with van der Waals surface area (Å²) in [4.78, 5) is 12.1. The van der Waals surface area contributed by atoms with Crippen molar-refractivity contribution in [1.29, 1.82) is 0 Å². The molecule has 0 atom stereocenters. The number of aromatic nitrogens is 2. The van der Waals surface area contributed by atoms with Gasteiger partial charge in [-0.3, -0.25) is 4.79 Å². The Morgan fingerprint density at radius 1 is 1.07 bits per heavy atom. The van der Waals surface area contributed by atoms with Crippen molar-refractivity contribution in [2.45, 2.75) is 62.0 Å². The van der Waals surface area contributed by atoms with Crippen molar-refractivity contribution in [3.05, 3.63) is 41.5 Å². The summed E-state index contributed by atoms with van der Waals surface area (Å²) in [5, 5.41) is 9.34. The number of halogens is 1. The van der Waals surface area contributed by atoms with Crippen molar-refractivity contribution in [1.82, 2.24) is 10.2 Å². The Balaban J connectivity index is 1.14. The number of thioether (sulfide) groups is 1. The summed E-state index contributed by atoms with van der Waals surface area (Å²) in [5.74, 6) is 3.90. The molecule has 1 heterocycles. The third kappa shape index (κ3) is 3.51. The van der Waals surface area contributed by atoms with Crippen molar-refractivity contribution in [2.24, 2.45) is 17.8 Å². The molecule has 0 amide bonds. The van der Waals surface area contributed by atoms with Crippen LogP contribution in [0.2, 0.25) is 0 Å². The van der Waals surface area contributed by atoms with E-state index in [1.165, 1.54) is 62.4 Å². The molecule has 4 nitrogen and oxygen atoms in total. The van der Waals surface area contributed by atoms with Gasteiger partial charge in [-0.1, -0.05) is 11.8 Å². The Morgan fingerprint density at radius 3 is 2.36 bits per heavy atom. The molecule has 28 heavy (non-hydrogen) atoms. The zero-order valence-corrected chi connectivity index (χ0v) is 16.7. The summed E-state index contributed by atoms with van der Waals surface area (Å²) in [7, 11) is 0. The number of benzene rings is 1. The highest BCUT2D eigenvalue weighted by Gasteiger charge is 2.54. The van der Waals surface area contributed by atoms with E-state index in [1.807, 2.05) is 0 Å². The molecule has 4 aliphatic rings. The van der Waals surface area contributed by atoms with Gasteiger partial charge in [-0.15, -0.1) is 10.2 Å². The predicted molar refractivity (Wildman–Crippen MR) is 105 cm³/mol. The molecule has 4 saturated carbocycles. The maximum atomic E-state index is 12.9. The van der Waals surface area contributed by atoms with Crippen LogP contribution in [-0.2, 0) is 5.41 Å². The molecule has 148 valence electrons. The number of ketones is 1. The molecule has 0 N–H and O–H groups in total. The van der Waals surface area contributed by atoms with Gasteiger partial charge >= 0.3 is 0 Å². The summed E-state index contributed by atoms with van der Waals surface area (Å²) >= 11 is 1.53. The van der Waals surface area contributed by atoms with Crippen LogP contribution < -0.4 is 0 Å². The minimum Gasteiger partial charge on any atom is -0.415 e. The molecule has 0 spiro atoms. The smallest absolute Gasteiger partial charge is 0.276 e. The molecule has 6 rings (SSSR count). The molecule has 0 saturated heterocycles. The molecule has 6 heteroatoms. The Hall–Kier alpha value is -1.69. The molecular formula is C22H25FN2O2S. The summed E-state index contributed by atoms with van der Waals surface area (Å²) in [5.41, 5.74) is 0.701. The van der Waals surface area contributed by atoms with Gasteiger partial charge < -0.3 is 4.42 Å². The fourth-order valence-corrected chi connectivity index (χ4v) is 6.73. The first kappa shape index (κ1) is 18.3. The quantitative estimate of drug-likeness (QED) is 0.352. The lowest BCUT2D eigenvalue weighted by Gasteiger charge is -2.55. The molecule has 1 aromatic heterocycles. The molecular weight excluding hydrogens is 375 g/mol. The van der Waals surface area contributed by atoms with Gasteiger partial charge in [-0.2, -0.15) is 0 Å². The zero-order chi connectivity index (χ0) is 19.1. The number of Topliss-reactive ketones (excluding diaryl/α,β-unsaturated/α-hetero) is 1. The molecule has 1 aromatic carbocycles. The lowest BCUT2D eigenvalue weighted by molar-refractivity contribution is -0.0191.